The number of hydrogen-bond donors (Lipinski definition) is 2. The fourth-order valence-electron chi connectivity index (χ4n) is 4.28. The molecule has 2 fully saturated rings. The molecule has 2 aliphatic rings. The second kappa shape index (κ2) is 7.11. The number of carbonyl (C=O) groups is 1. The molecule has 5 nitrogen and oxygen atoms in total. The molecule has 1 saturated heterocycles. The zero-order valence-electron chi connectivity index (χ0n) is 16.2. The molecule has 160 valence electrons. The van der Waals surface area contributed by atoms with Gasteiger partial charge in [0.05, 0.1) is 22.6 Å². The summed E-state index contributed by atoms with van der Waals surface area (Å²) >= 11 is 0. The van der Waals surface area contributed by atoms with Gasteiger partial charge in [-0.1, -0.05) is 12.1 Å². The number of rotatable bonds is 3. The molecule has 1 aliphatic heterocycles. The van der Waals surface area contributed by atoms with E-state index < -0.39 is 23.6 Å². The number of anilines is 3. The SMILES string of the molecule is O=C(Nc1ccc(C(F)(F)F)c(F)c1N1CC2CC2C1)Nc1cccc2cnccc12. The lowest BCUT2D eigenvalue weighted by Gasteiger charge is -2.26. The molecule has 2 heterocycles. The minimum absolute atomic E-state index is 0.00574. The standard InChI is InChI=1S/C22H18F4N4O/c23-19-16(22(24,25)26)4-5-18(20(19)30-10-13-8-14(13)11-30)29-21(31)28-17-3-1-2-12-9-27-7-6-15(12)17/h1-7,9,13-14H,8,10-11H2,(H2,28,29,31). The Morgan fingerprint density at radius 3 is 2.52 bits per heavy atom. The minimum Gasteiger partial charge on any atom is -0.367 e. The van der Waals surface area contributed by atoms with Crippen LogP contribution < -0.4 is 15.5 Å². The number of carbonyl (C=O) groups excluding carboxylic acids is 1. The topological polar surface area (TPSA) is 57.3 Å². The van der Waals surface area contributed by atoms with Crippen molar-refractivity contribution in [3.05, 3.63) is 60.2 Å². The van der Waals surface area contributed by atoms with Crippen LogP contribution in [-0.2, 0) is 6.18 Å². The molecule has 1 aromatic heterocycles. The van der Waals surface area contributed by atoms with Crippen molar-refractivity contribution in [3.8, 4) is 0 Å². The van der Waals surface area contributed by atoms with Crippen molar-refractivity contribution in [3.63, 3.8) is 0 Å². The number of nitrogens with zero attached hydrogens (tertiary/aromatic N) is 2. The smallest absolute Gasteiger partial charge is 0.367 e. The second-order valence-corrected chi connectivity index (χ2v) is 7.96. The Morgan fingerprint density at radius 1 is 1.03 bits per heavy atom. The fourth-order valence-corrected chi connectivity index (χ4v) is 4.28. The van der Waals surface area contributed by atoms with Gasteiger partial charge in [-0.25, -0.2) is 9.18 Å². The van der Waals surface area contributed by atoms with E-state index >= 15 is 0 Å². The largest absolute Gasteiger partial charge is 0.419 e. The van der Waals surface area contributed by atoms with E-state index in [-0.39, 0.29) is 11.4 Å². The summed E-state index contributed by atoms with van der Waals surface area (Å²) in [5, 5.41) is 6.80. The average Bonchev–Trinajstić information content (AvgIpc) is 3.33. The highest BCUT2D eigenvalue weighted by Crippen LogP contribution is 2.49. The number of pyridine rings is 1. The number of halogens is 4. The van der Waals surface area contributed by atoms with E-state index in [2.05, 4.69) is 15.6 Å². The highest BCUT2D eigenvalue weighted by molar-refractivity contribution is 6.07. The summed E-state index contributed by atoms with van der Waals surface area (Å²) in [4.78, 5) is 18.3. The van der Waals surface area contributed by atoms with Crippen LogP contribution in [0.15, 0.2) is 48.8 Å². The molecule has 2 atom stereocenters. The van der Waals surface area contributed by atoms with E-state index in [1.54, 1.807) is 35.5 Å². The Kier molecular flexibility index (Phi) is 4.49. The van der Waals surface area contributed by atoms with Crippen LogP contribution in [0.5, 0.6) is 0 Å². The number of nitrogens with one attached hydrogen (secondary N) is 2. The molecule has 5 rings (SSSR count). The van der Waals surface area contributed by atoms with Crippen LogP contribution in [0.3, 0.4) is 0 Å². The van der Waals surface area contributed by atoms with Gasteiger partial charge < -0.3 is 15.5 Å². The Balaban J connectivity index is 1.45. The first-order chi connectivity index (χ1) is 14.8. The van der Waals surface area contributed by atoms with E-state index in [4.69, 9.17) is 0 Å². The first-order valence-electron chi connectivity index (χ1n) is 9.86. The summed E-state index contributed by atoms with van der Waals surface area (Å²) in [5.74, 6) is -0.609. The molecule has 1 aliphatic carbocycles. The maximum atomic E-state index is 15.0. The van der Waals surface area contributed by atoms with Crippen molar-refractivity contribution >= 4 is 33.9 Å². The number of piperidine rings is 1. The van der Waals surface area contributed by atoms with Gasteiger partial charge in [0.25, 0.3) is 0 Å². The van der Waals surface area contributed by atoms with Crippen molar-refractivity contribution in [2.45, 2.75) is 12.6 Å². The molecule has 31 heavy (non-hydrogen) atoms. The maximum Gasteiger partial charge on any atom is 0.419 e. The molecule has 0 bridgehead atoms. The van der Waals surface area contributed by atoms with Crippen LogP contribution in [0, 0.1) is 17.7 Å². The Morgan fingerprint density at radius 2 is 1.77 bits per heavy atom. The number of alkyl halides is 3. The van der Waals surface area contributed by atoms with E-state index in [1.165, 1.54) is 0 Å². The molecule has 2 N–H and O–H groups in total. The third-order valence-corrected chi connectivity index (χ3v) is 5.89. The quantitative estimate of drug-likeness (QED) is 0.540. The molecule has 2 unspecified atom stereocenters. The third-order valence-electron chi connectivity index (χ3n) is 5.89. The van der Waals surface area contributed by atoms with Crippen molar-refractivity contribution in [1.29, 1.82) is 0 Å². The van der Waals surface area contributed by atoms with Gasteiger partial charge in [-0.2, -0.15) is 13.2 Å². The Bertz CT molecular complexity index is 1160. The second-order valence-electron chi connectivity index (χ2n) is 7.96. The number of amides is 2. The van der Waals surface area contributed by atoms with Crippen molar-refractivity contribution in [1.82, 2.24) is 4.98 Å². The third kappa shape index (κ3) is 3.64. The van der Waals surface area contributed by atoms with Crippen LogP contribution in [0.4, 0.5) is 39.4 Å². The van der Waals surface area contributed by atoms with Crippen LogP contribution in [0.2, 0.25) is 0 Å². The van der Waals surface area contributed by atoms with E-state index in [0.717, 1.165) is 23.3 Å². The molecule has 0 spiro atoms. The van der Waals surface area contributed by atoms with Crippen molar-refractivity contribution < 1.29 is 22.4 Å². The Hall–Kier alpha value is -3.36. The van der Waals surface area contributed by atoms with Crippen LogP contribution >= 0.6 is 0 Å². The molecule has 2 aromatic carbocycles. The molecule has 1 saturated carbocycles. The van der Waals surface area contributed by atoms with Crippen LogP contribution in [-0.4, -0.2) is 24.1 Å². The predicted octanol–water partition coefficient (Wildman–Crippen LogP) is 5.49. The van der Waals surface area contributed by atoms with Crippen LogP contribution in [0.1, 0.15) is 12.0 Å². The molecule has 9 heteroatoms. The Labute approximate surface area is 175 Å². The fraction of sp³-hybridized carbons (Fsp3) is 0.273. The first kappa shape index (κ1) is 19.6. The summed E-state index contributed by atoms with van der Waals surface area (Å²) in [5.41, 5.74) is -1.03. The monoisotopic (exact) mass is 430 g/mol. The number of urea groups is 1. The lowest BCUT2D eigenvalue weighted by Crippen LogP contribution is -2.27. The lowest BCUT2D eigenvalue weighted by molar-refractivity contribution is -0.139. The van der Waals surface area contributed by atoms with E-state index in [9.17, 15) is 22.4 Å². The van der Waals surface area contributed by atoms with Gasteiger partial charge in [0, 0.05) is 36.3 Å². The van der Waals surface area contributed by atoms with Gasteiger partial charge in [0.15, 0.2) is 5.82 Å². The minimum atomic E-state index is -4.82. The summed E-state index contributed by atoms with van der Waals surface area (Å²) in [6.45, 7) is 0.963. The molecule has 2 amide bonds. The molecular formula is C22H18F4N4O. The normalized spacial score (nSPS) is 19.9. The summed E-state index contributed by atoms with van der Waals surface area (Å²) in [6.07, 6.45) is -0.566. The van der Waals surface area contributed by atoms with Crippen LogP contribution in [0.25, 0.3) is 10.8 Å². The average molecular weight is 430 g/mol. The number of benzene rings is 2. The highest BCUT2D eigenvalue weighted by Gasteiger charge is 2.47. The van der Waals surface area contributed by atoms with Crippen molar-refractivity contribution in [2.24, 2.45) is 11.8 Å². The zero-order chi connectivity index (χ0) is 21.8. The zero-order valence-corrected chi connectivity index (χ0v) is 16.2. The molecular weight excluding hydrogens is 412 g/mol. The van der Waals surface area contributed by atoms with Gasteiger partial charge in [-0.15, -0.1) is 0 Å². The van der Waals surface area contributed by atoms with E-state index in [0.29, 0.717) is 36.7 Å². The summed E-state index contributed by atoms with van der Waals surface area (Å²) in [7, 11) is 0. The molecule has 0 radical (unpaired) electrons. The highest BCUT2D eigenvalue weighted by atomic mass is 19.4. The van der Waals surface area contributed by atoms with Gasteiger partial charge >= 0.3 is 12.2 Å². The van der Waals surface area contributed by atoms with Gasteiger partial charge in [0.1, 0.15) is 0 Å². The lowest BCUT2D eigenvalue weighted by atomic mass is 10.1. The van der Waals surface area contributed by atoms with Gasteiger partial charge in [-0.05, 0) is 42.5 Å². The first-order valence-corrected chi connectivity index (χ1v) is 9.86. The number of aromatic nitrogens is 1. The van der Waals surface area contributed by atoms with Gasteiger partial charge in [0.2, 0.25) is 0 Å². The number of fused-ring (bicyclic) bond motifs is 2. The maximum absolute atomic E-state index is 15.0. The molecule has 3 aromatic rings. The summed E-state index contributed by atoms with van der Waals surface area (Å²) in [6, 6.07) is 8.13. The summed E-state index contributed by atoms with van der Waals surface area (Å²) < 4.78 is 54.8. The van der Waals surface area contributed by atoms with Gasteiger partial charge in [-0.3, -0.25) is 4.98 Å². The van der Waals surface area contributed by atoms with Crippen molar-refractivity contribution in [2.75, 3.05) is 28.6 Å². The predicted molar refractivity (Wildman–Crippen MR) is 110 cm³/mol. The number of hydrogen-bond acceptors (Lipinski definition) is 3. The van der Waals surface area contributed by atoms with E-state index in [1.807, 2.05) is 6.07 Å².